The Morgan fingerprint density at radius 2 is 1.76 bits per heavy atom. The van der Waals surface area contributed by atoms with Crippen LogP contribution in [0.5, 0.6) is 5.75 Å². The number of benzene rings is 1. The minimum atomic E-state index is -0.392. The predicted molar refractivity (Wildman–Crippen MR) is 59.9 cm³/mol. The number of carbonyl (C=O) groups is 2. The number of carbonyl (C=O) groups excluding carboxylic acids is 2. The van der Waals surface area contributed by atoms with Gasteiger partial charge >= 0.3 is 11.9 Å². The molecule has 0 spiro atoms. The molecule has 5 nitrogen and oxygen atoms in total. The molecule has 5 heteroatoms. The number of hydrogen-bond acceptors (Lipinski definition) is 5. The van der Waals surface area contributed by atoms with Crippen LogP contribution in [0.2, 0.25) is 0 Å². The number of esters is 2. The highest BCUT2D eigenvalue weighted by atomic mass is 16.6. The molecule has 0 saturated heterocycles. The molecule has 92 valence electrons. The molecule has 0 aliphatic rings. The van der Waals surface area contributed by atoms with E-state index in [4.69, 9.17) is 9.47 Å². The third kappa shape index (κ3) is 4.55. The van der Waals surface area contributed by atoms with Gasteiger partial charge in [-0.1, -0.05) is 0 Å². The van der Waals surface area contributed by atoms with Gasteiger partial charge in [0.15, 0.2) is 0 Å². The van der Waals surface area contributed by atoms with E-state index in [-0.39, 0.29) is 19.2 Å². The van der Waals surface area contributed by atoms with Crippen molar-refractivity contribution in [1.82, 2.24) is 0 Å². The van der Waals surface area contributed by atoms with Crippen molar-refractivity contribution in [2.24, 2.45) is 0 Å². The van der Waals surface area contributed by atoms with Crippen molar-refractivity contribution < 1.29 is 23.8 Å². The van der Waals surface area contributed by atoms with Crippen LogP contribution in [0.4, 0.5) is 0 Å². The summed E-state index contributed by atoms with van der Waals surface area (Å²) in [6.07, 6.45) is 0. The first kappa shape index (κ1) is 13.0. The van der Waals surface area contributed by atoms with Gasteiger partial charge in [0.1, 0.15) is 19.0 Å². The fourth-order valence-electron chi connectivity index (χ4n) is 1.15. The summed E-state index contributed by atoms with van der Waals surface area (Å²) in [7, 11) is 1.33. The maximum atomic E-state index is 11.1. The van der Waals surface area contributed by atoms with Crippen molar-refractivity contribution in [1.29, 1.82) is 0 Å². The van der Waals surface area contributed by atoms with E-state index in [9.17, 15) is 9.59 Å². The monoisotopic (exact) mass is 238 g/mol. The molecule has 0 atom stereocenters. The average Bonchev–Trinajstić information content (AvgIpc) is 2.34. The van der Waals surface area contributed by atoms with Crippen LogP contribution < -0.4 is 4.74 Å². The van der Waals surface area contributed by atoms with Gasteiger partial charge in [-0.2, -0.15) is 0 Å². The molecular weight excluding hydrogens is 224 g/mol. The van der Waals surface area contributed by atoms with Crippen LogP contribution in [-0.2, 0) is 14.3 Å². The van der Waals surface area contributed by atoms with Gasteiger partial charge in [-0.05, 0) is 24.3 Å². The quantitative estimate of drug-likeness (QED) is 0.573. The molecule has 0 aromatic heterocycles. The zero-order valence-corrected chi connectivity index (χ0v) is 9.76. The Labute approximate surface area is 99.3 Å². The fraction of sp³-hybridized carbons (Fsp3) is 0.333. The molecule has 0 radical (unpaired) electrons. The molecule has 0 N–H and O–H groups in total. The molecule has 1 aromatic rings. The number of hydrogen-bond donors (Lipinski definition) is 0. The lowest BCUT2D eigenvalue weighted by Gasteiger charge is -2.06. The lowest BCUT2D eigenvalue weighted by molar-refractivity contribution is -0.141. The summed E-state index contributed by atoms with van der Waals surface area (Å²) in [4.78, 5) is 21.6. The lowest BCUT2D eigenvalue weighted by atomic mass is 10.2. The number of methoxy groups -OCH3 is 1. The summed E-state index contributed by atoms with van der Waals surface area (Å²) in [5, 5.41) is 0. The Bertz CT molecular complexity index is 382. The molecule has 0 heterocycles. The highest BCUT2D eigenvalue weighted by Crippen LogP contribution is 2.12. The van der Waals surface area contributed by atoms with Gasteiger partial charge in [-0.15, -0.1) is 0 Å². The Hall–Kier alpha value is -2.04. The zero-order valence-electron chi connectivity index (χ0n) is 9.76. The molecule has 0 bridgehead atoms. The van der Waals surface area contributed by atoms with Crippen LogP contribution in [0.15, 0.2) is 24.3 Å². The summed E-state index contributed by atoms with van der Waals surface area (Å²) in [5.74, 6) is -0.129. The Morgan fingerprint density at radius 3 is 2.29 bits per heavy atom. The van der Waals surface area contributed by atoms with E-state index in [1.807, 2.05) is 0 Å². The number of ether oxygens (including phenoxy) is 3. The summed E-state index contributed by atoms with van der Waals surface area (Å²) < 4.78 is 14.6. The summed E-state index contributed by atoms with van der Waals surface area (Å²) in [5.41, 5.74) is 0.458. The minimum absolute atomic E-state index is 0.202. The normalized spacial score (nSPS) is 9.53. The van der Waals surface area contributed by atoms with Gasteiger partial charge in [0.25, 0.3) is 0 Å². The molecular formula is C12H14O5. The standard InChI is InChI=1S/C12H14O5/c1-9(13)16-7-8-17-11-5-3-10(4-6-11)12(14)15-2/h3-6H,7-8H2,1-2H3. The Morgan fingerprint density at radius 1 is 1.12 bits per heavy atom. The van der Waals surface area contributed by atoms with Crippen LogP contribution in [0.3, 0.4) is 0 Å². The third-order valence-electron chi connectivity index (χ3n) is 1.93. The van der Waals surface area contributed by atoms with Gasteiger partial charge in [-0.3, -0.25) is 4.79 Å². The van der Waals surface area contributed by atoms with Crippen molar-refractivity contribution in [2.75, 3.05) is 20.3 Å². The van der Waals surface area contributed by atoms with Gasteiger partial charge in [-0.25, -0.2) is 4.79 Å². The number of rotatable bonds is 5. The van der Waals surface area contributed by atoms with Crippen molar-refractivity contribution >= 4 is 11.9 Å². The van der Waals surface area contributed by atoms with Crippen LogP contribution in [-0.4, -0.2) is 32.3 Å². The second kappa shape index (κ2) is 6.52. The molecule has 0 saturated carbocycles. The molecule has 0 amide bonds. The van der Waals surface area contributed by atoms with Crippen LogP contribution in [0, 0.1) is 0 Å². The SMILES string of the molecule is COC(=O)c1ccc(OCCOC(C)=O)cc1. The molecule has 0 fully saturated rings. The molecule has 0 unspecified atom stereocenters. The Balaban J connectivity index is 2.40. The molecule has 0 aliphatic carbocycles. The summed E-state index contributed by atoms with van der Waals surface area (Å²) in [6, 6.07) is 6.51. The second-order valence-electron chi connectivity index (χ2n) is 3.20. The molecule has 1 rings (SSSR count). The van der Waals surface area contributed by atoms with E-state index in [2.05, 4.69) is 4.74 Å². The van der Waals surface area contributed by atoms with Crippen molar-refractivity contribution in [3.05, 3.63) is 29.8 Å². The van der Waals surface area contributed by atoms with E-state index in [1.54, 1.807) is 24.3 Å². The first-order chi connectivity index (χ1) is 8.13. The van der Waals surface area contributed by atoms with Gasteiger partial charge in [0.2, 0.25) is 0 Å². The predicted octanol–water partition coefficient (Wildman–Crippen LogP) is 1.42. The molecule has 0 aliphatic heterocycles. The smallest absolute Gasteiger partial charge is 0.337 e. The van der Waals surface area contributed by atoms with Crippen LogP contribution in [0.25, 0.3) is 0 Å². The second-order valence-corrected chi connectivity index (χ2v) is 3.20. The Kier molecular flexibility index (Phi) is 5.00. The van der Waals surface area contributed by atoms with Gasteiger partial charge < -0.3 is 14.2 Å². The zero-order chi connectivity index (χ0) is 12.7. The average molecular weight is 238 g/mol. The maximum Gasteiger partial charge on any atom is 0.337 e. The lowest BCUT2D eigenvalue weighted by Crippen LogP contribution is -2.09. The van der Waals surface area contributed by atoms with E-state index in [1.165, 1.54) is 14.0 Å². The summed E-state index contributed by atoms with van der Waals surface area (Å²) >= 11 is 0. The van der Waals surface area contributed by atoms with E-state index in [0.717, 1.165) is 0 Å². The topological polar surface area (TPSA) is 61.8 Å². The van der Waals surface area contributed by atoms with Gasteiger partial charge in [0, 0.05) is 6.92 Å². The van der Waals surface area contributed by atoms with E-state index >= 15 is 0 Å². The highest BCUT2D eigenvalue weighted by molar-refractivity contribution is 5.89. The van der Waals surface area contributed by atoms with Crippen molar-refractivity contribution in [3.63, 3.8) is 0 Å². The first-order valence-corrected chi connectivity index (χ1v) is 5.08. The van der Waals surface area contributed by atoms with E-state index < -0.39 is 5.97 Å². The molecule has 17 heavy (non-hydrogen) atoms. The van der Waals surface area contributed by atoms with Gasteiger partial charge in [0.05, 0.1) is 12.7 Å². The van der Waals surface area contributed by atoms with Crippen LogP contribution in [0.1, 0.15) is 17.3 Å². The third-order valence-corrected chi connectivity index (χ3v) is 1.93. The van der Waals surface area contributed by atoms with Crippen molar-refractivity contribution in [3.8, 4) is 5.75 Å². The first-order valence-electron chi connectivity index (χ1n) is 5.08. The summed E-state index contributed by atoms with van der Waals surface area (Å²) in [6.45, 7) is 1.82. The molecule has 1 aromatic carbocycles. The largest absolute Gasteiger partial charge is 0.490 e. The van der Waals surface area contributed by atoms with E-state index in [0.29, 0.717) is 11.3 Å². The highest BCUT2D eigenvalue weighted by Gasteiger charge is 2.04. The minimum Gasteiger partial charge on any atom is -0.490 e. The fourth-order valence-corrected chi connectivity index (χ4v) is 1.15. The van der Waals surface area contributed by atoms with Crippen LogP contribution >= 0.6 is 0 Å². The maximum absolute atomic E-state index is 11.1. The van der Waals surface area contributed by atoms with Crippen molar-refractivity contribution in [2.45, 2.75) is 6.92 Å².